The summed E-state index contributed by atoms with van der Waals surface area (Å²) in [4.78, 5) is 33.4. The molecular formula is C13H20N4O3S. The molecule has 1 heterocycles. The molecule has 8 heteroatoms. The lowest BCUT2D eigenvalue weighted by Gasteiger charge is -2.09. The van der Waals surface area contributed by atoms with E-state index in [4.69, 9.17) is 10.5 Å². The number of hydrogen-bond donors (Lipinski definition) is 1. The standard InChI is InChI=1S/C13H20N4O3S/c1-9-10(21-8-15-9)6-7-20-12(19)5-4-11(18)16-13(14)17(2)3/h8H,4-7H2,1-3H3,(H2,14,16,18). The molecule has 1 rings (SSSR count). The Kier molecular flexibility index (Phi) is 6.80. The molecule has 0 atom stereocenters. The van der Waals surface area contributed by atoms with E-state index in [0.29, 0.717) is 13.0 Å². The highest BCUT2D eigenvalue weighted by Crippen LogP contribution is 2.12. The van der Waals surface area contributed by atoms with E-state index in [1.54, 1.807) is 19.6 Å². The Balaban J connectivity index is 2.24. The van der Waals surface area contributed by atoms with Gasteiger partial charge < -0.3 is 15.4 Å². The Labute approximate surface area is 127 Å². The molecule has 0 fully saturated rings. The number of aliphatic imine (C=N–C) groups is 1. The van der Waals surface area contributed by atoms with Gasteiger partial charge in [-0.05, 0) is 6.92 Å². The summed E-state index contributed by atoms with van der Waals surface area (Å²) >= 11 is 1.54. The van der Waals surface area contributed by atoms with Gasteiger partial charge in [0.2, 0.25) is 5.91 Å². The van der Waals surface area contributed by atoms with Gasteiger partial charge in [-0.3, -0.25) is 9.59 Å². The van der Waals surface area contributed by atoms with Gasteiger partial charge in [0.1, 0.15) is 0 Å². The molecule has 0 aromatic carbocycles. The van der Waals surface area contributed by atoms with Crippen molar-refractivity contribution in [2.24, 2.45) is 10.7 Å². The number of aromatic nitrogens is 1. The second-order valence-corrected chi connectivity index (χ2v) is 5.53. The number of carbonyl (C=O) groups is 2. The molecule has 0 bridgehead atoms. The summed E-state index contributed by atoms with van der Waals surface area (Å²) in [6.07, 6.45) is 0.638. The Bertz CT molecular complexity index is 525. The van der Waals surface area contributed by atoms with Gasteiger partial charge in [0.25, 0.3) is 0 Å². The molecule has 0 saturated carbocycles. The maximum absolute atomic E-state index is 11.5. The van der Waals surface area contributed by atoms with Crippen molar-refractivity contribution in [1.29, 1.82) is 0 Å². The van der Waals surface area contributed by atoms with E-state index in [-0.39, 0.29) is 18.8 Å². The van der Waals surface area contributed by atoms with Crippen LogP contribution in [0.4, 0.5) is 0 Å². The second-order valence-electron chi connectivity index (χ2n) is 4.59. The molecule has 0 radical (unpaired) electrons. The predicted octanol–water partition coefficient (Wildman–Crippen LogP) is 0.720. The van der Waals surface area contributed by atoms with E-state index in [2.05, 4.69) is 9.98 Å². The third-order valence-electron chi connectivity index (χ3n) is 2.68. The van der Waals surface area contributed by atoms with Crippen molar-refractivity contribution in [2.75, 3.05) is 20.7 Å². The quantitative estimate of drug-likeness (QED) is 0.472. The van der Waals surface area contributed by atoms with Gasteiger partial charge in [0, 0.05) is 31.8 Å². The summed E-state index contributed by atoms with van der Waals surface area (Å²) in [6.45, 7) is 2.21. The van der Waals surface area contributed by atoms with Gasteiger partial charge in [-0.1, -0.05) is 0 Å². The number of ether oxygens (including phenoxy) is 1. The third-order valence-corrected chi connectivity index (χ3v) is 3.67. The number of amides is 1. The van der Waals surface area contributed by atoms with Crippen LogP contribution in [0.2, 0.25) is 0 Å². The minimum Gasteiger partial charge on any atom is -0.465 e. The largest absolute Gasteiger partial charge is 0.465 e. The number of nitrogens with zero attached hydrogens (tertiary/aromatic N) is 3. The maximum Gasteiger partial charge on any atom is 0.306 e. The van der Waals surface area contributed by atoms with Gasteiger partial charge >= 0.3 is 5.97 Å². The number of thiazole rings is 1. The first-order valence-corrected chi connectivity index (χ1v) is 7.37. The molecule has 0 saturated heterocycles. The van der Waals surface area contributed by atoms with Crippen molar-refractivity contribution < 1.29 is 14.3 Å². The maximum atomic E-state index is 11.5. The molecular weight excluding hydrogens is 292 g/mol. The Morgan fingerprint density at radius 3 is 2.71 bits per heavy atom. The van der Waals surface area contributed by atoms with E-state index in [1.807, 2.05) is 6.92 Å². The lowest BCUT2D eigenvalue weighted by Crippen LogP contribution is -2.31. The zero-order valence-corrected chi connectivity index (χ0v) is 13.3. The zero-order chi connectivity index (χ0) is 15.8. The lowest BCUT2D eigenvalue weighted by molar-refractivity contribution is -0.144. The normalized spacial score (nSPS) is 11.3. The number of hydrogen-bond acceptors (Lipinski definition) is 5. The molecule has 1 amide bonds. The highest BCUT2D eigenvalue weighted by molar-refractivity contribution is 7.09. The molecule has 0 unspecified atom stereocenters. The number of aryl methyl sites for hydroxylation is 1. The van der Waals surface area contributed by atoms with Crippen LogP contribution >= 0.6 is 11.3 Å². The Morgan fingerprint density at radius 1 is 1.43 bits per heavy atom. The first-order chi connectivity index (χ1) is 9.90. The van der Waals surface area contributed by atoms with Gasteiger partial charge in [0.05, 0.1) is 24.2 Å². The number of nitrogens with two attached hydrogens (primary N) is 1. The molecule has 116 valence electrons. The first kappa shape index (κ1) is 17.1. The van der Waals surface area contributed by atoms with Gasteiger partial charge in [-0.25, -0.2) is 4.98 Å². The molecule has 1 aromatic rings. The van der Waals surface area contributed by atoms with Crippen LogP contribution in [0, 0.1) is 6.92 Å². The number of rotatable bonds is 6. The van der Waals surface area contributed by atoms with E-state index < -0.39 is 11.9 Å². The van der Waals surface area contributed by atoms with Crippen molar-refractivity contribution in [3.8, 4) is 0 Å². The Morgan fingerprint density at radius 2 is 2.14 bits per heavy atom. The van der Waals surface area contributed by atoms with E-state index >= 15 is 0 Å². The fourth-order valence-corrected chi connectivity index (χ4v) is 2.15. The van der Waals surface area contributed by atoms with Crippen LogP contribution in [-0.2, 0) is 20.7 Å². The van der Waals surface area contributed by atoms with Crippen LogP contribution in [0.5, 0.6) is 0 Å². The second kappa shape index (κ2) is 8.35. The van der Waals surface area contributed by atoms with Crippen molar-refractivity contribution in [3.05, 3.63) is 16.1 Å². The van der Waals surface area contributed by atoms with Crippen molar-refractivity contribution >= 4 is 29.2 Å². The number of guanidine groups is 1. The number of esters is 1. The van der Waals surface area contributed by atoms with Crippen LogP contribution in [0.3, 0.4) is 0 Å². The monoisotopic (exact) mass is 312 g/mol. The topological polar surface area (TPSA) is 97.9 Å². The Hall–Kier alpha value is -1.96. The highest BCUT2D eigenvalue weighted by atomic mass is 32.1. The third kappa shape index (κ3) is 6.35. The molecule has 21 heavy (non-hydrogen) atoms. The minimum atomic E-state index is -0.434. The minimum absolute atomic E-state index is 0.00468. The van der Waals surface area contributed by atoms with E-state index in [1.165, 1.54) is 16.2 Å². The van der Waals surface area contributed by atoms with Crippen molar-refractivity contribution in [1.82, 2.24) is 9.88 Å². The number of carbonyl (C=O) groups excluding carboxylic acids is 2. The molecule has 7 nitrogen and oxygen atoms in total. The fourth-order valence-electron chi connectivity index (χ4n) is 1.39. The van der Waals surface area contributed by atoms with Gasteiger partial charge in [0.15, 0.2) is 5.96 Å². The summed E-state index contributed by atoms with van der Waals surface area (Å²) in [5, 5.41) is 0. The smallest absolute Gasteiger partial charge is 0.306 e. The van der Waals surface area contributed by atoms with Crippen LogP contribution < -0.4 is 5.73 Å². The van der Waals surface area contributed by atoms with E-state index in [9.17, 15) is 9.59 Å². The summed E-state index contributed by atoms with van der Waals surface area (Å²) < 4.78 is 5.07. The zero-order valence-electron chi connectivity index (χ0n) is 12.5. The van der Waals surface area contributed by atoms with E-state index in [0.717, 1.165) is 10.6 Å². The molecule has 0 aliphatic carbocycles. The average molecular weight is 312 g/mol. The van der Waals surface area contributed by atoms with Gasteiger partial charge in [-0.2, -0.15) is 4.99 Å². The van der Waals surface area contributed by atoms with Crippen LogP contribution in [-0.4, -0.2) is 48.4 Å². The van der Waals surface area contributed by atoms with Gasteiger partial charge in [-0.15, -0.1) is 11.3 Å². The van der Waals surface area contributed by atoms with Crippen molar-refractivity contribution in [3.63, 3.8) is 0 Å². The average Bonchev–Trinajstić information content (AvgIpc) is 2.82. The summed E-state index contributed by atoms with van der Waals surface area (Å²) in [5.41, 5.74) is 8.23. The predicted molar refractivity (Wildman–Crippen MR) is 81.1 cm³/mol. The highest BCUT2D eigenvalue weighted by Gasteiger charge is 2.09. The molecule has 2 N–H and O–H groups in total. The molecule has 0 aliphatic heterocycles. The van der Waals surface area contributed by atoms with Crippen LogP contribution in [0.25, 0.3) is 0 Å². The first-order valence-electron chi connectivity index (χ1n) is 6.49. The van der Waals surface area contributed by atoms with Crippen LogP contribution in [0.15, 0.2) is 10.5 Å². The SMILES string of the molecule is Cc1ncsc1CCOC(=O)CCC(=O)N=C(N)N(C)C. The molecule has 0 spiro atoms. The fraction of sp³-hybridized carbons (Fsp3) is 0.538. The van der Waals surface area contributed by atoms with Crippen LogP contribution in [0.1, 0.15) is 23.4 Å². The molecule has 1 aromatic heterocycles. The molecule has 0 aliphatic rings. The van der Waals surface area contributed by atoms with Crippen molar-refractivity contribution in [2.45, 2.75) is 26.2 Å². The summed E-state index contributed by atoms with van der Waals surface area (Å²) in [6, 6.07) is 0. The summed E-state index contributed by atoms with van der Waals surface area (Å²) in [5.74, 6) is -0.727. The lowest BCUT2D eigenvalue weighted by atomic mass is 10.3. The summed E-state index contributed by atoms with van der Waals surface area (Å²) in [7, 11) is 3.36.